The summed E-state index contributed by atoms with van der Waals surface area (Å²) in [5.74, 6) is -0.157. The Labute approximate surface area is 81.9 Å². The Morgan fingerprint density at radius 2 is 2.00 bits per heavy atom. The summed E-state index contributed by atoms with van der Waals surface area (Å²) in [4.78, 5) is 10.8. The highest BCUT2D eigenvalue weighted by atomic mass is 35.5. The van der Waals surface area contributed by atoms with Gasteiger partial charge in [-0.15, -0.1) is 0 Å². The minimum atomic E-state index is -0.157. The first kappa shape index (κ1) is 10.0. The molecule has 0 aliphatic carbocycles. The van der Waals surface area contributed by atoms with Crippen molar-refractivity contribution in [2.24, 2.45) is 5.73 Å². The van der Waals surface area contributed by atoms with Crippen molar-refractivity contribution in [1.29, 1.82) is 0 Å². The van der Waals surface area contributed by atoms with E-state index < -0.39 is 0 Å². The molecule has 0 atom stereocenters. The fourth-order valence-electron chi connectivity index (χ4n) is 0.875. The summed E-state index contributed by atoms with van der Waals surface area (Å²) in [5.41, 5.74) is 6.13. The normalized spacial score (nSPS) is 9.69. The predicted molar refractivity (Wildman–Crippen MR) is 52.4 cm³/mol. The summed E-state index contributed by atoms with van der Waals surface area (Å²) in [7, 11) is 0. The first-order valence-corrected chi connectivity index (χ1v) is 4.31. The van der Waals surface area contributed by atoms with Crippen molar-refractivity contribution in [3.63, 3.8) is 0 Å². The van der Waals surface area contributed by atoms with Crippen LogP contribution in [0.1, 0.15) is 5.56 Å². The number of carbonyl (C=O) groups is 1. The van der Waals surface area contributed by atoms with Crippen LogP contribution in [-0.4, -0.2) is 12.5 Å². The maximum atomic E-state index is 10.8. The Kier molecular flexibility index (Phi) is 3.73. The van der Waals surface area contributed by atoms with E-state index in [0.29, 0.717) is 11.6 Å². The molecule has 0 saturated carbocycles. The molecule has 0 aliphatic heterocycles. The van der Waals surface area contributed by atoms with Gasteiger partial charge >= 0.3 is 0 Å². The highest BCUT2D eigenvalue weighted by molar-refractivity contribution is 6.30. The van der Waals surface area contributed by atoms with E-state index >= 15 is 0 Å². The van der Waals surface area contributed by atoms with E-state index in [4.69, 9.17) is 17.3 Å². The van der Waals surface area contributed by atoms with Crippen LogP contribution in [0.25, 0.3) is 0 Å². The van der Waals surface area contributed by atoms with Gasteiger partial charge in [0.2, 0.25) is 5.91 Å². The fourth-order valence-corrected chi connectivity index (χ4v) is 1.00. The molecule has 0 unspecified atom stereocenters. The molecule has 0 saturated heterocycles. The molecule has 0 bridgehead atoms. The van der Waals surface area contributed by atoms with Gasteiger partial charge in [0.05, 0.1) is 6.54 Å². The van der Waals surface area contributed by atoms with E-state index in [0.717, 1.165) is 5.56 Å². The molecule has 1 aromatic carbocycles. The molecule has 70 valence electrons. The SMILES string of the molecule is NCC(=O)NCc1ccc(Cl)cc1. The molecule has 0 radical (unpaired) electrons. The Hall–Kier alpha value is -1.06. The van der Waals surface area contributed by atoms with Crippen LogP contribution in [0.3, 0.4) is 0 Å². The monoisotopic (exact) mass is 198 g/mol. The minimum Gasteiger partial charge on any atom is -0.351 e. The van der Waals surface area contributed by atoms with E-state index in [9.17, 15) is 4.79 Å². The Bertz CT molecular complexity index is 284. The maximum absolute atomic E-state index is 10.8. The molecule has 4 heteroatoms. The number of hydrogen-bond donors (Lipinski definition) is 2. The highest BCUT2D eigenvalue weighted by Crippen LogP contribution is 2.08. The molecule has 3 N–H and O–H groups in total. The summed E-state index contributed by atoms with van der Waals surface area (Å²) in [6, 6.07) is 7.29. The van der Waals surface area contributed by atoms with Crippen LogP contribution in [-0.2, 0) is 11.3 Å². The molecule has 0 heterocycles. The zero-order valence-corrected chi connectivity index (χ0v) is 7.84. The molecule has 3 nitrogen and oxygen atoms in total. The fraction of sp³-hybridized carbons (Fsp3) is 0.222. The first-order chi connectivity index (χ1) is 6.22. The second-order valence-corrected chi connectivity index (χ2v) is 3.04. The predicted octanol–water partition coefficient (Wildman–Crippen LogP) is 0.915. The average Bonchev–Trinajstić information content (AvgIpc) is 2.16. The summed E-state index contributed by atoms with van der Waals surface area (Å²) < 4.78 is 0. The number of halogens is 1. The molecule has 0 aliphatic rings. The first-order valence-electron chi connectivity index (χ1n) is 3.93. The van der Waals surface area contributed by atoms with Crippen LogP contribution in [0.2, 0.25) is 5.02 Å². The van der Waals surface area contributed by atoms with Gasteiger partial charge in [-0.1, -0.05) is 23.7 Å². The van der Waals surface area contributed by atoms with Crippen LogP contribution in [0.4, 0.5) is 0 Å². The van der Waals surface area contributed by atoms with Crippen LogP contribution >= 0.6 is 11.6 Å². The molecular formula is C9H11ClN2O. The lowest BCUT2D eigenvalue weighted by molar-refractivity contribution is -0.119. The summed E-state index contributed by atoms with van der Waals surface area (Å²) in [6.07, 6.45) is 0. The highest BCUT2D eigenvalue weighted by Gasteiger charge is 1.96. The van der Waals surface area contributed by atoms with Gasteiger partial charge in [-0.3, -0.25) is 4.79 Å². The summed E-state index contributed by atoms with van der Waals surface area (Å²) >= 11 is 5.69. The Balaban J connectivity index is 2.46. The molecule has 0 spiro atoms. The molecule has 1 aromatic rings. The number of nitrogens with two attached hydrogens (primary N) is 1. The Morgan fingerprint density at radius 1 is 1.38 bits per heavy atom. The van der Waals surface area contributed by atoms with Crippen LogP contribution in [0.15, 0.2) is 24.3 Å². The number of carbonyl (C=O) groups excluding carboxylic acids is 1. The van der Waals surface area contributed by atoms with Gasteiger partial charge in [-0.2, -0.15) is 0 Å². The molecular weight excluding hydrogens is 188 g/mol. The average molecular weight is 199 g/mol. The molecule has 0 fully saturated rings. The summed E-state index contributed by atoms with van der Waals surface area (Å²) in [5, 5.41) is 3.35. The Morgan fingerprint density at radius 3 is 2.54 bits per heavy atom. The van der Waals surface area contributed by atoms with E-state index in [2.05, 4.69) is 5.32 Å². The third-order valence-electron chi connectivity index (χ3n) is 1.59. The van der Waals surface area contributed by atoms with Crippen molar-refractivity contribution in [3.05, 3.63) is 34.9 Å². The lowest BCUT2D eigenvalue weighted by Gasteiger charge is -2.02. The van der Waals surface area contributed by atoms with Crippen molar-refractivity contribution >= 4 is 17.5 Å². The zero-order valence-electron chi connectivity index (χ0n) is 7.09. The lowest BCUT2D eigenvalue weighted by Crippen LogP contribution is -2.29. The number of amides is 1. The van der Waals surface area contributed by atoms with Gasteiger partial charge in [0, 0.05) is 11.6 Å². The summed E-state index contributed by atoms with van der Waals surface area (Å²) in [6.45, 7) is 0.515. The van der Waals surface area contributed by atoms with Crippen LogP contribution in [0, 0.1) is 0 Å². The number of hydrogen-bond acceptors (Lipinski definition) is 2. The number of benzene rings is 1. The van der Waals surface area contributed by atoms with Gasteiger partial charge in [0.15, 0.2) is 0 Å². The van der Waals surface area contributed by atoms with Crippen molar-refractivity contribution in [2.75, 3.05) is 6.54 Å². The van der Waals surface area contributed by atoms with Crippen LogP contribution < -0.4 is 11.1 Å². The molecule has 1 rings (SSSR count). The minimum absolute atomic E-state index is 0.0214. The number of rotatable bonds is 3. The van der Waals surface area contributed by atoms with Crippen LogP contribution in [0.5, 0.6) is 0 Å². The van der Waals surface area contributed by atoms with Gasteiger partial charge in [0.1, 0.15) is 0 Å². The van der Waals surface area contributed by atoms with E-state index in [1.807, 2.05) is 12.1 Å². The quantitative estimate of drug-likeness (QED) is 0.759. The van der Waals surface area contributed by atoms with Crippen molar-refractivity contribution in [2.45, 2.75) is 6.54 Å². The largest absolute Gasteiger partial charge is 0.351 e. The second kappa shape index (κ2) is 4.84. The maximum Gasteiger partial charge on any atom is 0.234 e. The van der Waals surface area contributed by atoms with Gasteiger partial charge in [-0.05, 0) is 17.7 Å². The van der Waals surface area contributed by atoms with Gasteiger partial charge in [0.25, 0.3) is 0 Å². The zero-order chi connectivity index (χ0) is 9.68. The topological polar surface area (TPSA) is 55.1 Å². The van der Waals surface area contributed by atoms with Crippen molar-refractivity contribution < 1.29 is 4.79 Å². The molecule has 0 aromatic heterocycles. The van der Waals surface area contributed by atoms with Gasteiger partial charge < -0.3 is 11.1 Å². The smallest absolute Gasteiger partial charge is 0.234 e. The molecule has 1 amide bonds. The van der Waals surface area contributed by atoms with E-state index in [1.165, 1.54) is 0 Å². The van der Waals surface area contributed by atoms with Crippen molar-refractivity contribution in [1.82, 2.24) is 5.32 Å². The standard InChI is InChI=1S/C9H11ClN2O/c10-8-3-1-7(2-4-8)6-12-9(13)5-11/h1-4H,5-6,11H2,(H,12,13). The number of nitrogens with one attached hydrogen (secondary N) is 1. The lowest BCUT2D eigenvalue weighted by atomic mass is 10.2. The second-order valence-electron chi connectivity index (χ2n) is 2.61. The third-order valence-corrected chi connectivity index (χ3v) is 1.84. The third kappa shape index (κ3) is 3.44. The van der Waals surface area contributed by atoms with E-state index in [1.54, 1.807) is 12.1 Å². The van der Waals surface area contributed by atoms with Gasteiger partial charge in [-0.25, -0.2) is 0 Å². The van der Waals surface area contributed by atoms with Crippen molar-refractivity contribution in [3.8, 4) is 0 Å². The van der Waals surface area contributed by atoms with E-state index in [-0.39, 0.29) is 12.5 Å². The molecule has 13 heavy (non-hydrogen) atoms.